The Hall–Kier alpha value is -0.850. The molecule has 0 aliphatic carbocycles. The molecule has 0 radical (unpaired) electrons. The molecule has 1 amide bonds. The molecule has 2 aliphatic heterocycles. The van der Waals surface area contributed by atoms with Crippen LogP contribution in [0.1, 0.15) is 30.9 Å². The number of carbonyl (C=O) groups excluding carboxylic acids is 1. The van der Waals surface area contributed by atoms with Crippen molar-refractivity contribution in [3.8, 4) is 0 Å². The van der Waals surface area contributed by atoms with Gasteiger partial charge in [0.2, 0.25) is 0 Å². The number of piperidine rings is 1. The standard InChI is InChI=1S/C19H29N3O2.2ClH/c1-15-6-9-22(10-7-15)14-17-5-3-2-4-16(17)12-21-19(23)18-13-20-8-11-24-18;;/h2-5,15,18,20H,6-14H2,1H3,(H,21,23);2*1H. The van der Waals surface area contributed by atoms with Gasteiger partial charge < -0.3 is 15.4 Å². The van der Waals surface area contributed by atoms with Gasteiger partial charge in [-0.15, -0.1) is 24.8 Å². The van der Waals surface area contributed by atoms with E-state index in [0.717, 1.165) is 19.0 Å². The zero-order chi connectivity index (χ0) is 16.8. The molecule has 3 rings (SSSR count). The molecule has 1 aromatic rings. The predicted molar refractivity (Wildman–Crippen MR) is 109 cm³/mol. The van der Waals surface area contributed by atoms with Gasteiger partial charge in [0.15, 0.2) is 0 Å². The SMILES string of the molecule is CC1CCN(Cc2ccccc2CNC(=O)C2CNCCO2)CC1.Cl.Cl. The minimum absolute atomic E-state index is 0. The molecule has 1 aromatic carbocycles. The summed E-state index contributed by atoms with van der Waals surface area (Å²) in [6, 6.07) is 8.42. The summed E-state index contributed by atoms with van der Waals surface area (Å²) in [7, 11) is 0. The molecule has 0 aromatic heterocycles. The molecule has 26 heavy (non-hydrogen) atoms. The van der Waals surface area contributed by atoms with E-state index in [0.29, 0.717) is 19.7 Å². The number of rotatable bonds is 5. The van der Waals surface area contributed by atoms with Crippen LogP contribution in [0.25, 0.3) is 0 Å². The first-order chi connectivity index (χ1) is 11.7. The Morgan fingerprint density at radius 3 is 2.58 bits per heavy atom. The topological polar surface area (TPSA) is 53.6 Å². The number of hydrogen-bond acceptors (Lipinski definition) is 4. The van der Waals surface area contributed by atoms with Crippen LogP contribution in [0, 0.1) is 5.92 Å². The number of carbonyl (C=O) groups is 1. The summed E-state index contributed by atoms with van der Waals surface area (Å²) in [5, 5.41) is 6.22. The third-order valence-electron chi connectivity index (χ3n) is 5.06. The number of amides is 1. The van der Waals surface area contributed by atoms with Crippen LogP contribution in [0.2, 0.25) is 0 Å². The van der Waals surface area contributed by atoms with E-state index in [1.807, 2.05) is 6.07 Å². The Morgan fingerprint density at radius 1 is 1.23 bits per heavy atom. The summed E-state index contributed by atoms with van der Waals surface area (Å²) < 4.78 is 5.51. The predicted octanol–water partition coefficient (Wildman–Crippen LogP) is 2.37. The van der Waals surface area contributed by atoms with E-state index in [9.17, 15) is 4.79 Å². The maximum absolute atomic E-state index is 12.2. The van der Waals surface area contributed by atoms with E-state index in [-0.39, 0.29) is 36.8 Å². The summed E-state index contributed by atoms with van der Waals surface area (Å²) >= 11 is 0. The summed E-state index contributed by atoms with van der Waals surface area (Å²) in [6.45, 7) is 8.23. The highest BCUT2D eigenvalue weighted by molar-refractivity contribution is 5.85. The fraction of sp³-hybridized carbons (Fsp3) is 0.632. The van der Waals surface area contributed by atoms with Crippen LogP contribution in [0.15, 0.2) is 24.3 Å². The van der Waals surface area contributed by atoms with Crippen LogP contribution in [0.4, 0.5) is 0 Å². The Bertz CT molecular complexity index is 545. The van der Waals surface area contributed by atoms with Crippen LogP contribution in [-0.4, -0.2) is 49.7 Å². The number of halogens is 2. The molecule has 0 bridgehead atoms. The second kappa shape index (κ2) is 11.8. The van der Waals surface area contributed by atoms with E-state index >= 15 is 0 Å². The number of benzene rings is 1. The number of likely N-dealkylation sites (tertiary alicyclic amines) is 1. The molecular weight excluding hydrogens is 373 g/mol. The van der Waals surface area contributed by atoms with Crippen LogP contribution in [-0.2, 0) is 22.6 Å². The lowest BCUT2D eigenvalue weighted by atomic mass is 9.98. The number of nitrogens with one attached hydrogen (secondary N) is 2. The van der Waals surface area contributed by atoms with Crippen molar-refractivity contribution < 1.29 is 9.53 Å². The van der Waals surface area contributed by atoms with Crippen molar-refractivity contribution in [3.63, 3.8) is 0 Å². The highest BCUT2D eigenvalue weighted by Crippen LogP contribution is 2.19. The monoisotopic (exact) mass is 403 g/mol. The summed E-state index contributed by atoms with van der Waals surface area (Å²) in [5.74, 6) is 0.823. The van der Waals surface area contributed by atoms with Gasteiger partial charge in [-0.3, -0.25) is 9.69 Å². The van der Waals surface area contributed by atoms with Crippen molar-refractivity contribution in [1.29, 1.82) is 0 Å². The van der Waals surface area contributed by atoms with Crippen molar-refractivity contribution >= 4 is 30.7 Å². The molecular formula is C19H31Cl2N3O2. The molecule has 7 heteroatoms. The summed E-state index contributed by atoms with van der Waals surface area (Å²) in [6.07, 6.45) is 2.20. The third-order valence-corrected chi connectivity index (χ3v) is 5.06. The maximum atomic E-state index is 12.2. The van der Waals surface area contributed by atoms with Crippen LogP contribution < -0.4 is 10.6 Å². The largest absolute Gasteiger partial charge is 0.366 e. The van der Waals surface area contributed by atoms with Crippen molar-refractivity contribution in [2.75, 3.05) is 32.8 Å². The summed E-state index contributed by atoms with van der Waals surface area (Å²) in [5.41, 5.74) is 2.52. The molecule has 0 saturated carbocycles. The smallest absolute Gasteiger partial charge is 0.250 e. The van der Waals surface area contributed by atoms with E-state index in [1.165, 1.54) is 37.1 Å². The Labute approximate surface area is 169 Å². The highest BCUT2D eigenvalue weighted by Gasteiger charge is 2.22. The third kappa shape index (κ3) is 6.71. The van der Waals surface area contributed by atoms with Gasteiger partial charge >= 0.3 is 0 Å². The van der Waals surface area contributed by atoms with Crippen LogP contribution >= 0.6 is 24.8 Å². The lowest BCUT2D eigenvalue weighted by Gasteiger charge is -2.30. The number of nitrogens with zero attached hydrogens (tertiary/aromatic N) is 1. The molecule has 2 fully saturated rings. The number of ether oxygens (including phenoxy) is 1. The van der Waals surface area contributed by atoms with Gasteiger partial charge in [-0.1, -0.05) is 31.2 Å². The first kappa shape index (κ1) is 23.2. The van der Waals surface area contributed by atoms with Crippen molar-refractivity contribution in [3.05, 3.63) is 35.4 Å². The van der Waals surface area contributed by atoms with E-state index < -0.39 is 0 Å². The Balaban J connectivity index is 0.00000169. The summed E-state index contributed by atoms with van der Waals surface area (Å²) in [4.78, 5) is 14.7. The molecule has 0 spiro atoms. The molecule has 2 saturated heterocycles. The molecule has 1 atom stereocenters. The van der Waals surface area contributed by atoms with E-state index in [2.05, 4.69) is 40.7 Å². The van der Waals surface area contributed by atoms with Crippen LogP contribution in [0.3, 0.4) is 0 Å². The van der Waals surface area contributed by atoms with Gasteiger partial charge in [-0.05, 0) is 43.0 Å². The molecule has 148 valence electrons. The van der Waals surface area contributed by atoms with Gasteiger partial charge in [-0.25, -0.2) is 0 Å². The number of hydrogen-bond donors (Lipinski definition) is 2. The molecule has 5 nitrogen and oxygen atoms in total. The van der Waals surface area contributed by atoms with Crippen molar-refractivity contribution in [2.24, 2.45) is 5.92 Å². The Morgan fingerprint density at radius 2 is 1.92 bits per heavy atom. The number of morpholine rings is 1. The fourth-order valence-corrected chi connectivity index (χ4v) is 3.38. The maximum Gasteiger partial charge on any atom is 0.250 e. The highest BCUT2D eigenvalue weighted by atomic mass is 35.5. The lowest BCUT2D eigenvalue weighted by Crippen LogP contribution is -2.47. The molecule has 2 N–H and O–H groups in total. The van der Waals surface area contributed by atoms with Gasteiger partial charge in [0, 0.05) is 26.2 Å². The zero-order valence-corrected chi connectivity index (χ0v) is 17.0. The van der Waals surface area contributed by atoms with E-state index in [4.69, 9.17) is 4.74 Å². The van der Waals surface area contributed by atoms with Gasteiger partial charge in [0.1, 0.15) is 6.10 Å². The van der Waals surface area contributed by atoms with Gasteiger partial charge in [0.05, 0.1) is 6.61 Å². The fourth-order valence-electron chi connectivity index (χ4n) is 3.38. The average Bonchev–Trinajstić information content (AvgIpc) is 2.63. The van der Waals surface area contributed by atoms with Crippen molar-refractivity contribution in [1.82, 2.24) is 15.5 Å². The molecule has 2 heterocycles. The minimum Gasteiger partial charge on any atom is -0.366 e. The quantitative estimate of drug-likeness (QED) is 0.791. The van der Waals surface area contributed by atoms with Crippen LogP contribution in [0.5, 0.6) is 0 Å². The first-order valence-electron chi connectivity index (χ1n) is 9.11. The van der Waals surface area contributed by atoms with Gasteiger partial charge in [0.25, 0.3) is 5.91 Å². The average molecular weight is 404 g/mol. The molecule has 2 aliphatic rings. The normalized spacial score (nSPS) is 21.3. The zero-order valence-electron chi connectivity index (χ0n) is 15.4. The second-order valence-corrected chi connectivity index (χ2v) is 7.01. The molecule has 1 unspecified atom stereocenters. The first-order valence-corrected chi connectivity index (χ1v) is 9.11. The minimum atomic E-state index is -0.366. The second-order valence-electron chi connectivity index (χ2n) is 7.01. The van der Waals surface area contributed by atoms with Gasteiger partial charge in [-0.2, -0.15) is 0 Å². The lowest BCUT2D eigenvalue weighted by molar-refractivity contribution is -0.134. The Kier molecular flexibility index (Phi) is 10.5. The van der Waals surface area contributed by atoms with E-state index in [1.54, 1.807) is 0 Å². The van der Waals surface area contributed by atoms with Crippen molar-refractivity contribution in [2.45, 2.75) is 39.0 Å².